The zero-order chi connectivity index (χ0) is 11.5. The lowest BCUT2D eigenvalue weighted by molar-refractivity contribution is 1.27. The SMILES string of the molecule is C=C(C)c1ccccc1-c1ncccc1C. The molecule has 0 fully saturated rings. The van der Waals surface area contributed by atoms with Gasteiger partial charge in [-0.15, -0.1) is 0 Å². The molecule has 0 saturated heterocycles. The van der Waals surface area contributed by atoms with E-state index in [9.17, 15) is 0 Å². The fourth-order valence-corrected chi connectivity index (χ4v) is 1.83. The molecule has 0 spiro atoms. The molecular weight excluding hydrogens is 194 g/mol. The molecule has 0 aliphatic rings. The highest BCUT2D eigenvalue weighted by molar-refractivity contribution is 5.79. The zero-order valence-corrected chi connectivity index (χ0v) is 9.70. The van der Waals surface area contributed by atoms with Crippen LogP contribution in [0.2, 0.25) is 0 Å². The van der Waals surface area contributed by atoms with E-state index in [1.54, 1.807) is 0 Å². The van der Waals surface area contributed by atoms with Gasteiger partial charge in [0.05, 0.1) is 5.69 Å². The second-order valence-corrected chi connectivity index (χ2v) is 3.99. The lowest BCUT2D eigenvalue weighted by Crippen LogP contribution is -1.91. The summed E-state index contributed by atoms with van der Waals surface area (Å²) in [5.41, 5.74) is 5.63. The Morgan fingerprint density at radius 1 is 1.12 bits per heavy atom. The minimum Gasteiger partial charge on any atom is -0.256 e. The molecule has 0 amide bonds. The normalized spacial score (nSPS) is 10.1. The summed E-state index contributed by atoms with van der Waals surface area (Å²) < 4.78 is 0. The molecule has 1 nitrogen and oxygen atoms in total. The third-order valence-corrected chi connectivity index (χ3v) is 2.65. The molecule has 0 aliphatic carbocycles. The standard InChI is InChI=1S/C15H15N/c1-11(2)13-8-4-5-9-14(13)15-12(3)7-6-10-16-15/h4-10H,1H2,2-3H3. The van der Waals surface area contributed by atoms with Crippen molar-refractivity contribution >= 4 is 5.57 Å². The molecule has 16 heavy (non-hydrogen) atoms. The van der Waals surface area contributed by atoms with E-state index >= 15 is 0 Å². The topological polar surface area (TPSA) is 12.9 Å². The van der Waals surface area contributed by atoms with Crippen LogP contribution in [0.3, 0.4) is 0 Å². The average molecular weight is 209 g/mol. The van der Waals surface area contributed by atoms with Crippen molar-refractivity contribution in [1.82, 2.24) is 4.98 Å². The number of pyridine rings is 1. The Kier molecular flexibility index (Phi) is 2.86. The molecule has 0 N–H and O–H groups in total. The van der Waals surface area contributed by atoms with Gasteiger partial charge in [-0.1, -0.05) is 42.5 Å². The Morgan fingerprint density at radius 2 is 1.88 bits per heavy atom. The van der Waals surface area contributed by atoms with Crippen LogP contribution in [0.1, 0.15) is 18.1 Å². The summed E-state index contributed by atoms with van der Waals surface area (Å²) >= 11 is 0. The zero-order valence-electron chi connectivity index (χ0n) is 9.70. The van der Waals surface area contributed by atoms with E-state index in [1.165, 1.54) is 11.1 Å². The lowest BCUT2D eigenvalue weighted by atomic mass is 9.97. The number of aryl methyl sites for hydroxylation is 1. The molecule has 0 unspecified atom stereocenters. The smallest absolute Gasteiger partial charge is 0.0737 e. The Labute approximate surface area is 96.5 Å². The minimum atomic E-state index is 1.04. The van der Waals surface area contributed by atoms with Crippen molar-refractivity contribution in [2.45, 2.75) is 13.8 Å². The van der Waals surface area contributed by atoms with Gasteiger partial charge < -0.3 is 0 Å². The molecule has 1 heterocycles. The molecule has 1 aromatic heterocycles. The molecule has 0 atom stereocenters. The lowest BCUT2D eigenvalue weighted by Gasteiger charge is -2.10. The Bertz CT molecular complexity index is 526. The van der Waals surface area contributed by atoms with Crippen molar-refractivity contribution in [2.75, 3.05) is 0 Å². The fourth-order valence-electron chi connectivity index (χ4n) is 1.83. The van der Waals surface area contributed by atoms with E-state index in [4.69, 9.17) is 0 Å². The van der Waals surface area contributed by atoms with Crippen LogP contribution in [0.15, 0.2) is 49.2 Å². The van der Waals surface area contributed by atoms with Crippen molar-refractivity contribution in [3.63, 3.8) is 0 Å². The first kappa shape index (κ1) is 10.6. The molecule has 0 bridgehead atoms. The van der Waals surface area contributed by atoms with Gasteiger partial charge in [-0.2, -0.15) is 0 Å². The van der Waals surface area contributed by atoms with E-state index in [2.05, 4.69) is 36.7 Å². The second kappa shape index (κ2) is 4.31. The van der Waals surface area contributed by atoms with E-state index in [1.807, 2.05) is 31.3 Å². The van der Waals surface area contributed by atoms with Crippen LogP contribution in [0, 0.1) is 6.92 Å². The Hall–Kier alpha value is -1.89. The van der Waals surface area contributed by atoms with Crippen molar-refractivity contribution in [2.24, 2.45) is 0 Å². The van der Waals surface area contributed by atoms with E-state index < -0.39 is 0 Å². The summed E-state index contributed by atoms with van der Waals surface area (Å²) in [5.74, 6) is 0. The summed E-state index contributed by atoms with van der Waals surface area (Å²) in [5, 5.41) is 0. The third kappa shape index (κ3) is 1.89. The van der Waals surface area contributed by atoms with Gasteiger partial charge in [0.15, 0.2) is 0 Å². The molecule has 2 aromatic rings. The van der Waals surface area contributed by atoms with Crippen LogP contribution in [-0.4, -0.2) is 4.98 Å². The predicted molar refractivity (Wildman–Crippen MR) is 69.1 cm³/mol. The van der Waals surface area contributed by atoms with Crippen molar-refractivity contribution < 1.29 is 0 Å². The number of allylic oxidation sites excluding steroid dienone is 1. The average Bonchev–Trinajstić information content (AvgIpc) is 2.29. The maximum atomic E-state index is 4.45. The summed E-state index contributed by atoms with van der Waals surface area (Å²) in [6.07, 6.45) is 1.83. The number of nitrogens with zero attached hydrogens (tertiary/aromatic N) is 1. The molecule has 0 radical (unpaired) electrons. The highest BCUT2D eigenvalue weighted by Gasteiger charge is 2.07. The maximum absolute atomic E-state index is 4.45. The van der Waals surface area contributed by atoms with Crippen LogP contribution in [-0.2, 0) is 0 Å². The second-order valence-electron chi connectivity index (χ2n) is 3.99. The van der Waals surface area contributed by atoms with Gasteiger partial charge in [-0.25, -0.2) is 0 Å². The van der Waals surface area contributed by atoms with Crippen LogP contribution in [0.4, 0.5) is 0 Å². The van der Waals surface area contributed by atoms with Gasteiger partial charge >= 0.3 is 0 Å². The molecule has 1 aromatic carbocycles. The molecule has 0 aliphatic heterocycles. The predicted octanol–water partition coefficient (Wildman–Crippen LogP) is 4.09. The minimum absolute atomic E-state index is 1.04. The van der Waals surface area contributed by atoms with E-state index in [0.29, 0.717) is 0 Å². The van der Waals surface area contributed by atoms with Crippen LogP contribution < -0.4 is 0 Å². The van der Waals surface area contributed by atoms with Gasteiger partial charge in [-0.05, 0) is 31.0 Å². The van der Waals surface area contributed by atoms with Gasteiger partial charge in [0.25, 0.3) is 0 Å². The van der Waals surface area contributed by atoms with Crippen LogP contribution >= 0.6 is 0 Å². The van der Waals surface area contributed by atoms with E-state index in [0.717, 1.165) is 16.8 Å². The van der Waals surface area contributed by atoms with Gasteiger partial charge in [0.2, 0.25) is 0 Å². The van der Waals surface area contributed by atoms with Crippen molar-refractivity contribution in [3.05, 3.63) is 60.3 Å². The first-order chi connectivity index (χ1) is 7.70. The third-order valence-electron chi connectivity index (χ3n) is 2.65. The highest BCUT2D eigenvalue weighted by Crippen LogP contribution is 2.28. The quantitative estimate of drug-likeness (QED) is 0.726. The summed E-state index contributed by atoms with van der Waals surface area (Å²) in [6, 6.07) is 12.3. The first-order valence-corrected chi connectivity index (χ1v) is 5.37. The largest absolute Gasteiger partial charge is 0.256 e. The molecule has 80 valence electrons. The maximum Gasteiger partial charge on any atom is 0.0737 e. The van der Waals surface area contributed by atoms with Crippen LogP contribution in [0.25, 0.3) is 16.8 Å². The Morgan fingerprint density at radius 3 is 2.56 bits per heavy atom. The number of aromatic nitrogens is 1. The molecule has 1 heteroatoms. The van der Waals surface area contributed by atoms with E-state index in [-0.39, 0.29) is 0 Å². The number of hydrogen-bond acceptors (Lipinski definition) is 1. The van der Waals surface area contributed by atoms with Crippen LogP contribution in [0.5, 0.6) is 0 Å². The molecule has 0 saturated carbocycles. The summed E-state index contributed by atoms with van der Waals surface area (Å²) in [4.78, 5) is 4.45. The molecule has 2 rings (SSSR count). The van der Waals surface area contributed by atoms with Crippen molar-refractivity contribution in [3.8, 4) is 11.3 Å². The fraction of sp³-hybridized carbons (Fsp3) is 0.133. The van der Waals surface area contributed by atoms with Gasteiger partial charge in [-0.3, -0.25) is 4.98 Å². The summed E-state index contributed by atoms with van der Waals surface area (Å²) in [7, 11) is 0. The molecular formula is C15H15N. The van der Waals surface area contributed by atoms with Gasteiger partial charge in [0, 0.05) is 11.8 Å². The number of hydrogen-bond donors (Lipinski definition) is 0. The first-order valence-electron chi connectivity index (χ1n) is 5.37. The van der Waals surface area contributed by atoms with Gasteiger partial charge in [0.1, 0.15) is 0 Å². The Balaban J connectivity index is 2.65. The highest BCUT2D eigenvalue weighted by atomic mass is 14.7. The summed E-state index contributed by atoms with van der Waals surface area (Å²) in [6.45, 7) is 8.12. The number of rotatable bonds is 2. The monoisotopic (exact) mass is 209 g/mol. The number of benzene rings is 1. The van der Waals surface area contributed by atoms with Crippen molar-refractivity contribution in [1.29, 1.82) is 0 Å².